The minimum atomic E-state index is -0.606. The number of fused-ring (bicyclic) bond motifs is 1. The third kappa shape index (κ3) is 2.29. The zero-order valence-corrected chi connectivity index (χ0v) is 12.0. The van der Waals surface area contributed by atoms with Gasteiger partial charge in [-0.1, -0.05) is 5.16 Å². The Morgan fingerprint density at radius 2 is 2.33 bits per heavy atom. The van der Waals surface area contributed by atoms with E-state index in [2.05, 4.69) is 27.2 Å². The topological polar surface area (TPSA) is 74.9 Å². The van der Waals surface area contributed by atoms with Crippen molar-refractivity contribution in [3.8, 4) is 6.07 Å². The summed E-state index contributed by atoms with van der Waals surface area (Å²) in [5.74, 6) is -0.220. The van der Waals surface area contributed by atoms with E-state index in [0.717, 1.165) is 0 Å². The first kappa shape index (κ1) is 13.1. The molecule has 0 saturated carbocycles. The van der Waals surface area contributed by atoms with Gasteiger partial charge in [0.05, 0.1) is 18.5 Å². The van der Waals surface area contributed by atoms with Crippen LogP contribution in [0.5, 0.6) is 0 Å². The molecule has 1 fully saturated rings. The molecule has 0 aromatic carbocycles. The number of nitriles is 1. The summed E-state index contributed by atoms with van der Waals surface area (Å²) in [6, 6.07) is 1.51. The Hall–Kier alpha value is -1.29. The molecular formula is C11H14BrN3O3. The molecule has 2 aliphatic heterocycles. The van der Waals surface area contributed by atoms with Gasteiger partial charge in [-0.15, -0.1) is 0 Å². The third-order valence-electron chi connectivity index (χ3n) is 2.76. The molecule has 18 heavy (non-hydrogen) atoms. The van der Waals surface area contributed by atoms with E-state index in [0.29, 0.717) is 11.2 Å². The van der Waals surface area contributed by atoms with Crippen LogP contribution in [0.3, 0.4) is 0 Å². The fourth-order valence-electron chi connectivity index (χ4n) is 2.04. The summed E-state index contributed by atoms with van der Waals surface area (Å²) < 4.78 is 5.85. The molecule has 2 aliphatic rings. The second-order valence-corrected chi connectivity index (χ2v) is 6.10. The number of likely N-dealkylation sites (tertiary alicyclic amines) is 1. The predicted molar refractivity (Wildman–Crippen MR) is 67.1 cm³/mol. The summed E-state index contributed by atoms with van der Waals surface area (Å²) in [4.78, 5) is 18.6. The number of carbonyl (C=O) groups is 1. The van der Waals surface area contributed by atoms with E-state index < -0.39 is 17.7 Å². The zero-order chi connectivity index (χ0) is 13.5. The van der Waals surface area contributed by atoms with Gasteiger partial charge >= 0.3 is 6.09 Å². The smallest absolute Gasteiger partial charge is 0.411 e. The fourth-order valence-corrected chi connectivity index (χ4v) is 2.67. The number of hydrogen-bond acceptors (Lipinski definition) is 5. The summed E-state index contributed by atoms with van der Waals surface area (Å²) in [6.45, 7) is 5.68. The molecule has 7 heteroatoms. The molecule has 6 nitrogen and oxygen atoms in total. The number of oxime groups is 1. The van der Waals surface area contributed by atoms with E-state index in [4.69, 9.17) is 9.57 Å². The minimum Gasteiger partial charge on any atom is -0.444 e. The van der Waals surface area contributed by atoms with Crippen LogP contribution in [-0.2, 0) is 9.57 Å². The number of halogens is 1. The van der Waals surface area contributed by atoms with Crippen molar-refractivity contribution in [3.63, 3.8) is 0 Å². The first-order valence-corrected chi connectivity index (χ1v) is 6.41. The van der Waals surface area contributed by atoms with Crippen LogP contribution in [0.25, 0.3) is 0 Å². The highest BCUT2D eigenvalue weighted by molar-refractivity contribution is 9.18. The molecule has 0 aromatic rings. The number of nitrogens with zero attached hydrogens (tertiary/aromatic N) is 3. The molecule has 0 unspecified atom stereocenters. The largest absolute Gasteiger partial charge is 0.444 e. The maximum Gasteiger partial charge on any atom is 0.411 e. The normalized spacial score (nSPS) is 30.3. The summed E-state index contributed by atoms with van der Waals surface area (Å²) in [7, 11) is 0. The molecule has 0 radical (unpaired) electrons. The zero-order valence-electron chi connectivity index (χ0n) is 10.4. The van der Waals surface area contributed by atoms with Gasteiger partial charge in [-0.2, -0.15) is 5.26 Å². The van der Waals surface area contributed by atoms with Crippen LogP contribution in [0, 0.1) is 17.2 Å². The van der Waals surface area contributed by atoms with Gasteiger partial charge in [0.15, 0.2) is 6.10 Å². The fraction of sp³-hybridized carbons (Fsp3) is 0.727. The Balaban J connectivity index is 2.14. The van der Waals surface area contributed by atoms with E-state index in [1.807, 2.05) is 0 Å². The predicted octanol–water partition coefficient (Wildman–Crippen LogP) is 1.85. The Bertz CT molecular complexity index is 438. The molecule has 0 aliphatic carbocycles. The highest BCUT2D eigenvalue weighted by atomic mass is 79.9. The molecule has 0 bridgehead atoms. The number of rotatable bonds is 0. The molecule has 2 heterocycles. The number of carbonyl (C=O) groups excluding carboxylic acids is 1. The van der Waals surface area contributed by atoms with Gasteiger partial charge in [-0.3, -0.25) is 4.90 Å². The lowest BCUT2D eigenvalue weighted by molar-refractivity contribution is 0.0202. The standard InChI is InChI=1S/C11H14BrN3O3/c1-11(2,3)17-10(16)15-5-7-8(6(15)4-13)9(12)14-18-7/h6-8H,5H2,1-3H3/t6-,7+,8-/m1/s1. The van der Waals surface area contributed by atoms with Gasteiger partial charge in [-0.25, -0.2) is 4.79 Å². The van der Waals surface area contributed by atoms with Crippen LogP contribution in [0.15, 0.2) is 5.16 Å². The van der Waals surface area contributed by atoms with E-state index >= 15 is 0 Å². The monoisotopic (exact) mass is 315 g/mol. The lowest BCUT2D eigenvalue weighted by Gasteiger charge is -2.26. The minimum absolute atomic E-state index is 0.220. The second kappa shape index (κ2) is 4.43. The van der Waals surface area contributed by atoms with Crippen molar-refractivity contribution in [2.24, 2.45) is 11.1 Å². The van der Waals surface area contributed by atoms with Gasteiger partial charge < -0.3 is 9.57 Å². The average molecular weight is 316 g/mol. The highest BCUT2D eigenvalue weighted by Crippen LogP contribution is 2.35. The lowest BCUT2D eigenvalue weighted by atomic mass is 10.0. The molecule has 2 rings (SSSR count). The Kier molecular flexibility index (Phi) is 3.23. The van der Waals surface area contributed by atoms with Gasteiger partial charge in [0.1, 0.15) is 16.3 Å². The van der Waals surface area contributed by atoms with Crippen molar-refractivity contribution in [1.82, 2.24) is 4.90 Å². The van der Waals surface area contributed by atoms with E-state index in [9.17, 15) is 10.1 Å². The number of ether oxygens (including phenoxy) is 1. The van der Waals surface area contributed by atoms with Crippen LogP contribution in [0.2, 0.25) is 0 Å². The summed E-state index contributed by atoms with van der Waals surface area (Å²) >= 11 is 3.26. The lowest BCUT2D eigenvalue weighted by Crippen LogP contribution is -2.41. The Morgan fingerprint density at radius 3 is 2.89 bits per heavy atom. The number of amides is 1. The Morgan fingerprint density at radius 1 is 1.67 bits per heavy atom. The van der Waals surface area contributed by atoms with Crippen LogP contribution < -0.4 is 0 Å². The van der Waals surface area contributed by atoms with E-state index in [1.54, 1.807) is 20.8 Å². The molecule has 0 aromatic heterocycles. The maximum absolute atomic E-state index is 12.0. The molecular weight excluding hydrogens is 302 g/mol. The summed E-state index contributed by atoms with van der Waals surface area (Å²) in [6.07, 6.45) is -0.760. The van der Waals surface area contributed by atoms with Crippen LogP contribution in [0.4, 0.5) is 4.79 Å². The van der Waals surface area contributed by atoms with Crippen molar-refractivity contribution >= 4 is 26.6 Å². The summed E-state index contributed by atoms with van der Waals surface area (Å²) in [5, 5.41) is 13.0. The SMILES string of the molecule is CC(C)(C)OC(=O)N1C[C@@H]2ON=C(Br)[C@@H]2[C@H]1C#N. The van der Waals surface area contributed by atoms with Crippen LogP contribution in [-0.4, -0.2) is 39.9 Å². The van der Waals surface area contributed by atoms with Crippen LogP contribution >= 0.6 is 15.9 Å². The highest BCUT2D eigenvalue weighted by Gasteiger charge is 2.52. The molecule has 3 atom stereocenters. The third-order valence-corrected chi connectivity index (χ3v) is 3.44. The first-order chi connectivity index (χ1) is 8.33. The maximum atomic E-state index is 12.0. The van der Waals surface area contributed by atoms with Gasteiger partial charge in [0, 0.05) is 0 Å². The van der Waals surface area contributed by atoms with E-state index in [-0.39, 0.29) is 12.0 Å². The molecule has 0 spiro atoms. The second-order valence-electron chi connectivity index (χ2n) is 5.29. The first-order valence-electron chi connectivity index (χ1n) is 5.62. The van der Waals surface area contributed by atoms with E-state index in [1.165, 1.54) is 4.90 Å². The van der Waals surface area contributed by atoms with Gasteiger partial charge in [-0.05, 0) is 36.7 Å². The molecule has 1 saturated heterocycles. The molecule has 0 N–H and O–H groups in total. The Labute approximate surface area is 114 Å². The molecule has 1 amide bonds. The van der Waals surface area contributed by atoms with Crippen molar-refractivity contribution in [2.45, 2.75) is 38.5 Å². The number of hydrogen-bond donors (Lipinski definition) is 0. The van der Waals surface area contributed by atoms with Gasteiger partial charge in [0.2, 0.25) is 0 Å². The van der Waals surface area contributed by atoms with Gasteiger partial charge in [0.25, 0.3) is 0 Å². The van der Waals surface area contributed by atoms with Crippen molar-refractivity contribution in [2.75, 3.05) is 6.54 Å². The van der Waals surface area contributed by atoms with Crippen LogP contribution in [0.1, 0.15) is 20.8 Å². The summed E-state index contributed by atoms with van der Waals surface area (Å²) in [5.41, 5.74) is -0.582. The average Bonchev–Trinajstić information content (AvgIpc) is 2.76. The van der Waals surface area contributed by atoms with Crippen molar-refractivity contribution in [1.29, 1.82) is 5.26 Å². The van der Waals surface area contributed by atoms with Crippen molar-refractivity contribution < 1.29 is 14.4 Å². The quantitative estimate of drug-likeness (QED) is 0.683. The van der Waals surface area contributed by atoms with Crippen molar-refractivity contribution in [3.05, 3.63) is 0 Å². The molecule has 98 valence electrons.